The van der Waals surface area contributed by atoms with Crippen molar-refractivity contribution < 1.29 is 17.6 Å². The highest BCUT2D eigenvalue weighted by molar-refractivity contribution is 7.89. The second kappa shape index (κ2) is 8.91. The molecule has 7 heteroatoms. The van der Waals surface area contributed by atoms with Gasteiger partial charge in [-0.15, -0.1) is 0 Å². The number of unbranched alkanes of at least 4 members (excludes halogenated alkanes) is 1. The topological polar surface area (TPSA) is 66.5 Å². The molecule has 0 aliphatic carbocycles. The summed E-state index contributed by atoms with van der Waals surface area (Å²) >= 11 is 0. The molecular formula is C19H23FN2O3S. The molecule has 0 bridgehead atoms. The Morgan fingerprint density at radius 3 is 2.50 bits per heavy atom. The van der Waals surface area contributed by atoms with Gasteiger partial charge in [0, 0.05) is 25.7 Å². The van der Waals surface area contributed by atoms with Gasteiger partial charge in [0.2, 0.25) is 10.0 Å². The Bertz CT molecular complexity index is 851. The van der Waals surface area contributed by atoms with Gasteiger partial charge in [-0.1, -0.05) is 31.5 Å². The highest BCUT2D eigenvalue weighted by atomic mass is 32.2. The Morgan fingerprint density at radius 1 is 1.15 bits per heavy atom. The molecule has 26 heavy (non-hydrogen) atoms. The SMILES string of the molecule is CCCCN(C)S(=O)(=O)c1cccc(C(=O)NCc2ccc(F)cc2)c1. The maximum atomic E-state index is 12.9. The van der Waals surface area contributed by atoms with E-state index < -0.39 is 10.0 Å². The smallest absolute Gasteiger partial charge is 0.251 e. The molecule has 2 aromatic rings. The minimum absolute atomic E-state index is 0.0885. The van der Waals surface area contributed by atoms with Crippen molar-refractivity contribution in [3.8, 4) is 0 Å². The van der Waals surface area contributed by atoms with Crippen LogP contribution < -0.4 is 5.32 Å². The maximum Gasteiger partial charge on any atom is 0.251 e. The normalized spacial score (nSPS) is 11.5. The molecule has 0 unspecified atom stereocenters. The Balaban J connectivity index is 2.09. The monoisotopic (exact) mass is 378 g/mol. The molecule has 0 radical (unpaired) electrons. The molecule has 0 spiro atoms. The summed E-state index contributed by atoms with van der Waals surface area (Å²) in [6.45, 7) is 2.65. The number of sulfonamides is 1. The second-order valence-corrected chi connectivity index (χ2v) is 8.06. The Labute approximate surface area is 153 Å². The van der Waals surface area contributed by atoms with E-state index in [2.05, 4.69) is 5.32 Å². The summed E-state index contributed by atoms with van der Waals surface area (Å²) in [5, 5.41) is 2.71. The van der Waals surface area contributed by atoms with Crippen LogP contribution in [0.3, 0.4) is 0 Å². The quantitative estimate of drug-likeness (QED) is 0.767. The lowest BCUT2D eigenvalue weighted by Gasteiger charge is -2.17. The van der Waals surface area contributed by atoms with Crippen molar-refractivity contribution in [1.82, 2.24) is 9.62 Å². The van der Waals surface area contributed by atoms with Crippen LogP contribution in [0.5, 0.6) is 0 Å². The standard InChI is InChI=1S/C19H23FN2O3S/c1-3-4-12-22(2)26(24,25)18-7-5-6-16(13-18)19(23)21-14-15-8-10-17(20)11-9-15/h5-11,13H,3-4,12,14H2,1-2H3,(H,21,23). The molecule has 2 rings (SSSR count). The van der Waals surface area contributed by atoms with Gasteiger partial charge in [0.05, 0.1) is 4.90 Å². The van der Waals surface area contributed by atoms with Gasteiger partial charge in [-0.25, -0.2) is 17.1 Å². The number of benzene rings is 2. The third-order valence-electron chi connectivity index (χ3n) is 4.00. The van der Waals surface area contributed by atoms with E-state index in [1.54, 1.807) is 24.3 Å². The fourth-order valence-corrected chi connectivity index (χ4v) is 3.62. The molecule has 1 amide bonds. The number of nitrogens with zero attached hydrogens (tertiary/aromatic N) is 1. The van der Waals surface area contributed by atoms with Crippen molar-refractivity contribution >= 4 is 15.9 Å². The van der Waals surface area contributed by atoms with Crippen LogP contribution in [0.25, 0.3) is 0 Å². The summed E-state index contributed by atoms with van der Waals surface area (Å²) in [5.41, 5.74) is 1.01. The van der Waals surface area contributed by atoms with Crippen molar-refractivity contribution in [2.24, 2.45) is 0 Å². The fourth-order valence-electron chi connectivity index (χ4n) is 2.37. The fraction of sp³-hybridized carbons (Fsp3) is 0.316. The Kier molecular flexibility index (Phi) is 6.88. The molecule has 2 aromatic carbocycles. The van der Waals surface area contributed by atoms with E-state index in [9.17, 15) is 17.6 Å². The predicted octanol–water partition coefficient (Wildman–Crippen LogP) is 3.18. The van der Waals surface area contributed by atoms with E-state index in [1.165, 1.54) is 35.6 Å². The highest BCUT2D eigenvalue weighted by Crippen LogP contribution is 2.16. The summed E-state index contributed by atoms with van der Waals surface area (Å²) in [5.74, 6) is -0.729. The van der Waals surface area contributed by atoms with E-state index in [0.29, 0.717) is 6.54 Å². The third kappa shape index (κ3) is 5.12. The number of carbonyl (C=O) groups is 1. The van der Waals surface area contributed by atoms with Gasteiger partial charge in [0.25, 0.3) is 5.91 Å². The number of nitrogens with one attached hydrogen (secondary N) is 1. The maximum absolute atomic E-state index is 12.9. The minimum Gasteiger partial charge on any atom is -0.348 e. The molecule has 1 N–H and O–H groups in total. The first-order valence-electron chi connectivity index (χ1n) is 8.43. The van der Waals surface area contributed by atoms with Crippen LogP contribution in [0.1, 0.15) is 35.7 Å². The van der Waals surface area contributed by atoms with Gasteiger partial charge in [-0.05, 0) is 42.3 Å². The lowest BCUT2D eigenvalue weighted by atomic mass is 10.2. The van der Waals surface area contributed by atoms with Gasteiger partial charge in [0.15, 0.2) is 0 Å². The van der Waals surface area contributed by atoms with Gasteiger partial charge >= 0.3 is 0 Å². The predicted molar refractivity (Wildman–Crippen MR) is 98.7 cm³/mol. The molecule has 0 atom stereocenters. The molecule has 0 heterocycles. The largest absolute Gasteiger partial charge is 0.348 e. The molecule has 140 valence electrons. The van der Waals surface area contributed by atoms with Gasteiger partial charge < -0.3 is 5.32 Å². The second-order valence-electron chi connectivity index (χ2n) is 6.02. The summed E-state index contributed by atoms with van der Waals surface area (Å²) < 4.78 is 39.4. The summed E-state index contributed by atoms with van der Waals surface area (Å²) in [6, 6.07) is 11.8. The van der Waals surface area contributed by atoms with Crippen LogP contribution >= 0.6 is 0 Å². The van der Waals surface area contributed by atoms with Crippen molar-refractivity contribution in [3.05, 3.63) is 65.5 Å². The average molecular weight is 378 g/mol. The van der Waals surface area contributed by atoms with Crippen LogP contribution in [0.4, 0.5) is 4.39 Å². The van der Waals surface area contributed by atoms with E-state index in [0.717, 1.165) is 18.4 Å². The Morgan fingerprint density at radius 2 is 1.85 bits per heavy atom. The lowest BCUT2D eigenvalue weighted by molar-refractivity contribution is 0.0950. The van der Waals surface area contributed by atoms with Crippen LogP contribution in [-0.2, 0) is 16.6 Å². The molecule has 0 aliphatic heterocycles. The summed E-state index contributed by atoms with van der Waals surface area (Å²) in [7, 11) is -2.09. The lowest BCUT2D eigenvalue weighted by Crippen LogP contribution is -2.28. The molecule has 0 aliphatic rings. The zero-order chi connectivity index (χ0) is 19.2. The van der Waals surface area contributed by atoms with Crippen LogP contribution in [0, 0.1) is 5.82 Å². The number of hydrogen-bond acceptors (Lipinski definition) is 3. The van der Waals surface area contributed by atoms with Gasteiger partial charge in [0.1, 0.15) is 5.82 Å². The highest BCUT2D eigenvalue weighted by Gasteiger charge is 2.21. The first kappa shape index (κ1) is 20.1. The van der Waals surface area contributed by atoms with Crippen LogP contribution in [-0.4, -0.2) is 32.2 Å². The first-order chi connectivity index (χ1) is 12.3. The average Bonchev–Trinajstić information content (AvgIpc) is 2.65. The first-order valence-corrected chi connectivity index (χ1v) is 9.87. The molecular weight excluding hydrogens is 355 g/mol. The Hall–Kier alpha value is -2.25. The number of rotatable bonds is 8. The van der Waals surface area contributed by atoms with Crippen molar-refractivity contribution in [3.63, 3.8) is 0 Å². The molecule has 0 saturated heterocycles. The summed E-state index contributed by atoms with van der Waals surface area (Å²) in [4.78, 5) is 12.4. The summed E-state index contributed by atoms with van der Waals surface area (Å²) in [6.07, 6.45) is 1.67. The van der Waals surface area contributed by atoms with Crippen molar-refractivity contribution in [1.29, 1.82) is 0 Å². The van der Waals surface area contributed by atoms with E-state index in [4.69, 9.17) is 0 Å². The molecule has 0 fully saturated rings. The molecule has 0 saturated carbocycles. The number of amides is 1. The van der Waals surface area contributed by atoms with Crippen molar-refractivity contribution in [2.45, 2.75) is 31.2 Å². The van der Waals surface area contributed by atoms with Crippen LogP contribution in [0.15, 0.2) is 53.4 Å². The van der Waals surface area contributed by atoms with E-state index in [-0.39, 0.29) is 28.7 Å². The van der Waals surface area contributed by atoms with E-state index in [1.807, 2.05) is 6.92 Å². The third-order valence-corrected chi connectivity index (χ3v) is 5.85. The van der Waals surface area contributed by atoms with Crippen molar-refractivity contribution in [2.75, 3.05) is 13.6 Å². The number of carbonyl (C=O) groups excluding carboxylic acids is 1. The zero-order valence-corrected chi connectivity index (χ0v) is 15.7. The molecule has 5 nitrogen and oxygen atoms in total. The van der Waals surface area contributed by atoms with Gasteiger partial charge in [-0.3, -0.25) is 4.79 Å². The van der Waals surface area contributed by atoms with Crippen LogP contribution in [0.2, 0.25) is 0 Å². The number of hydrogen-bond donors (Lipinski definition) is 1. The zero-order valence-electron chi connectivity index (χ0n) is 14.9. The van der Waals surface area contributed by atoms with E-state index >= 15 is 0 Å². The minimum atomic E-state index is -3.63. The van der Waals surface area contributed by atoms with Gasteiger partial charge in [-0.2, -0.15) is 0 Å². The molecule has 0 aromatic heterocycles. The number of halogens is 1.